The number of carbonyl (C=O) groups is 1. The molecule has 3 aromatic rings. The van der Waals surface area contributed by atoms with Crippen molar-refractivity contribution in [3.8, 4) is 28.0 Å². The SMILES string of the molecule is CCC(=O)c1cccc(-c2ccc(OC)cc2)c1-c1ccccc1. The summed E-state index contributed by atoms with van der Waals surface area (Å²) in [5.41, 5.74) is 4.96. The molecule has 0 bridgehead atoms. The van der Waals surface area contributed by atoms with Gasteiger partial charge in [-0.05, 0) is 28.8 Å². The van der Waals surface area contributed by atoms with Crippen molar-refractivity contribution in [2.24, 2.45) is 0 Å². The van der Waals surface area contributed by atoms with Gasteiger partial charge in [0.15, 0.2) is 5.78 Å². The highest BCUT2D eigenvalue weighted by Crippen LogP contribution is 2.36. The van der Waals surface area contributed by atoms with E-state index in [9.17, 15) is 4.79 Å². The predicted octanol–water partition coefficient (Wildman–Crippen LogP) is 5.62. The van der Waals surface area contributed by atoms with Gasteiger partial charge in [0.05, 0.1) is 7.11 Å². The van der Waals surface area contributed by atoms with E-state index in [2.05, 4.69) is 18.2 Å². The van der Waals surface area contributed by atoms with Crippen LogP contribution >= 0.6 is 0 Å². The van der Waals surface area contributed by atoms with Crippen molar-refractivity contribution in [2.45, 2.75) is 13.3 Å². The molecule has 2 nitrogen and oxygen atoms in total. The van der Waals surface area contributed by atoms with Crippen molar-refractivity contribution in [1.29, 1.82) is 0 Å². The molecule has 0 atom stereocenters. The number of Topliss-reactive ketones (excluding diaryl/α,β-unsaturated/α-hetero) is 1. The number of hydrogen-bond acceptors (Lipinski definition) is 2. The van der Waals surface area contributed by atoms with Gasteiger partial charge in [-0.25, -0.2) is 0 Å². The molecule has 0 aliphatic carbocycles. The summed E-state index contributed by atoms with van der Waals surface area (Å²) >= 11 is 0. The fourth-order valence-corrected chi connectivity index (χ4v) is 2.90. The average molecular weight is 316 g/mol. The zero-order valence-corrected chi connectivity index (χ0v) is 14.0. The summed E-state index contributed by atoms with van der Waals surface area (Å²) in [6.07, 6.45) is 0.492. The molecule has 2 heteroatoms. The Morgan fingerprint density at radius 1 is 0.833 bits per heavy atom. The number of methoxy groups -OCH3 is 1. The summed E-state index contributed by atoms with van der Waals surface area (Å²) in [7, 11) is 1.66. The summed E-state index contributed by atoms with van der Waals surface area (Å²) in [6, 6.07) is 24.0. The Kier molecular flexibility index (Phi) is 4.76. The van der Waals surface area contributed by atoms with E-state index in [4.69, 9.17) is 4.74 Å². The number of rotatable bonds is 5. The minimum Gasteiger partial charge on any atom is -0.497 e. The first-order chi connectivity index (χ1) is 11.7. The van der Waals surface area contributed by atoms with Gasteiger partial charge in [-0.1, -0.05) is 67.6 Å². The Hall–Kier alpha value is -2.87. The lowest BCUT2D eigenvalue weighted by Gasteiger charge is -2.15. The van der Waals surface area contributed by atoms with Crippen molar-refractivity contribution >= 4 is 5.78 Å². The average Bonchev–Trinajstić information content (AvgIpc) is 2.67. The second-order valence-corrected chi connectivity index (χ2v) is 5.60. The molecular weight excluding hydrogens is 296 g/mol. The summed E-state index contributed by atoms with van der Waals surface area (Å²) in [5.74, 6) is 0.977. The van der Waals surface area contributed by atoms with Crippen LogP contribution in [-0.2, 0) is 0 Å². The Bertz CT molecular complexity index is 834. The molecule has 0 aliphatic rings. The van der Waals surface area contributed by atoms with Crippen molar-refractivity contribution in [1.82, 2.24) is 0 Å². The fourth-order valence-electron chi connectivity index (χ4n) is 2.90. The highest BCUT2D eigenvalue weighted by atomic mass is 16.5. The minimum atomic E-state index is 0.157. The fraction of sp³-hybridized carbons (Fsp3) is 0.136. The topological polar surface area (TPSA) is 26.3 Å². The Labute approximate surface area is 142 Å². The van der Waals surface area contributed by atoms with E-state index in [0.29, 0.717) is 6.42 Å². The molecule has 0 unspecified atom stereocenters. The molecule has 0 amide bonds. The first kappa shape index (κ1) is 16.0. The van der Waals surface area contributed by atoms with Gasteiger partial charge in [-0.15, -0.1) is 0 Å². The molecular formula is C22H20O2. The lowest BCUT2D eigenvalue weighted by Crippen LogP contribution is -2.01. The van der Waals surface area contributed by atoms with Crippen molar-refractivity contribution in [2.75, 3.05) is 7.11 Å². The molecule has 3 aromatic carbocycles. The maximum absolute atomic E-state index is 12.5. The lowest BCUT2D eigenvalue weighted by atomic mass is 9.88. The number of ether oxygens (including phenoxy) is 1. The zero-order chi connectivity index (χ0) is 16.9. The highest BCUT2D eigenvalue weighted by Gasteiger charge is 2.16. The highest BCUT2D eigenvalue weighted by molar-refractivity contribution is 6.05. The van der Waals surface area contributed by atoms with Gasteiger partial charge in [0.2, 0.25) is 0 Å². The Morgan fingerprint density at radius 2 is 1.54 bits per heavy atom. The molecule has 0 saturated heterocycles. The molecule has 0 N–H and O–H groups in total. The molecule has 0 spiro atoms. The number of carbonyl (C=O) groups excluding carboxylic acids is 1. The first-order valence-electron chi connectivity index (χ1n) is 8.10. The molecule has 0 aliphatic heterocycles. The number of hydrogen-bond donors (Lipinski definition) is 0. The van der Waals surface area contributed by atoms with Crippen LogP contribution in [0.5, 0.6) is 5.75 Å². The third-order valence-corrected chi connectivity index (χ3v) is 4.15. The van der Waals surface area contributed by atoms with Gasteiger partial charge < -0.3 is 4.74 Å². The van der Waals surface area contributed by atoms with Gasteiger partial charge in [-0.3, -0.25) is 4.79 Å². The van der Waals surface area contributed by atoms with E-state index in [1.54, 1.807) is 7.11 Å². The summed E-state index contributed by atoms with van der Waals surface area (Å²) in [4.78, 5) is 12.5. The van der Waals surface area contributed by atoms with Crippen LogP contribution in [-0.4, -0.2) is 12.9 Å². The number of benzene rings is 3. The van der Waals surface area contributed by atoms with Crippen LogP contribution in [0.1, 0.15) is 23.7 Å². The maximum atomic E-state index is 12.5. The van der Waals surface area contributed by atoms with E-state index >= 15 is 0 Å². The minimum absolute atomic E-state index is 0.157. The second-order valence-electron chi connectivity index (χ2n) is 5.60. The quantitative estimate of drug-likeness (QED) is 0.571. The molecule has 0 aromatic heterocycles. The van der Waals surface area contributed by atoms with E-state index in [0.717, 1.165) is 33.6 Å². The van der Waals surface area contributed by atoms with Crippen LogP contribution in [0.25, 0.3) is 22.3 Å². The molecule has 0 heterocycles. The third kappa shape index (κ3) is 3.09. The second kappa shape index (κ2) is 7.14. The monoisotopic (exact) mass is 316 g/mol. The zero-order valence-electron chi connectivity index (χ0n) is 14.0. The van der Waals surface area contributed by atoms with E-state index in [1.807, 2.05) is 61.5 Å². The lowest BCUT2D eigenvalue weighted by molar-refractivity contribution is 0.0989. The standard InChI is InChI=1S/C22H20O2/c1-3-21(23)20-11-7-10-19(16-12-14-18(24-2)15-13-16)22(20)17-8-5-4-6-9-17/h4-15H,3H2,1-2H3. The van der Waals surface area contributed by atoms with Crippen LogP contribution < -0.4 is 4.74 Å². The number of ketones is 1. The van der Waals surface area contributed by atoms with E-state index in [1.165, 1.54) is 0 Å². The molecule has 0 saturated carbocycles. The molecule has 0 radical (unpaired) electrons. The molecule has 120 valence electrons. The normalized spacial score (nSPS) is 10.4. The van der Waals surface area contributed by atoms with E-state index in [-0.39, 0.29) is 5.78 Å². The largest absolute Gasteiger partial charge is 0.497 e. The smallest absolute Gasteiger partial charge is 0.163 e. The van der Waals surface area contributed by atoms with E-state index < -0.39 is 0 Å². The van der Waals surface area contributed by atoms with Crippen LogP contribution in [0.15, 0.2) is 72.8 Å². The van der Waals surface area contributed by atoms with Crippen molar-refractivity contribution in [3.63, 3.8) is 0 Å². The Balaban J connectivity index is 2.23. The van der Waals surface area contributed by atoms with Gasteiger partial charge in [0, 0.05) is 17.5 Å². The first-order valence-corrected chi connectivity index (χ1v) is 8.10. The van der Waals surface area contributed by atoms with Gasteiger partial charge in [-0.2, -0.15) is 0 Å². The maximum Gasteiger partial charge on any atom is 0.163 e. The summed E-state index contributed by atoms with van der Waals surface area (Å²) in [6.45, 7) is 1.90. The van der Waals surface area contributed by atoms with Gasteiger partial charge in [0.1, 0.15) is 5.75 Å². The summed E-state index contributed by atoms with van der Waals surface area (Å²) < 4.78 is 5.25. The van der Waals surface area contributed by atoms with Gasteiger partial charge in [0.25, 0.3) is 0 Å². The predicted molar refractivity (Wildman–Crippen MR) is 98.5 cm³/mol. The van der Waals surface area contributed by atoms with Crippen LogP contribution in [0.4, 0.5) is 0 Å². The van der Waals surface area contributed by atoms with Crippen LogP contribution in [0.2, 0.25) is 0 Å². The molecule has 24 heavy (non-hydrogen) atoms. The van der Waals surface area contributed by atoms with Crippen LogP contribution in [0.3, 0.4) is 0 Å². The molecule has 0 fully saturated rings. The third-order valence-electron chi connectivity index (χ3n) is 4.15. The van der Waals surface area contributed by atoms with Crippen molar-refractivity contribution in [3.05, 3.63) is 78.4 Å². The molecule has 3 rings (SSSR count). The van der Waals surface area contributed by atoms with Crippen molar-refractivity contribution < 1.29 is 9.53 Å². The summed E-state index contributed by atoms with van der Waals surface area (Å²) in [5, 5.41) is 0. The Morgan fingerprint density at radius 3 is 2.17 bits per heavy atom. The van der Waals surface area contributed by atoms with Gasteiger partial charge >= 0.3 is 0 Å². The van der Waals surface area contributed by atoms with Crippen LogP contribution in [0, 0.1) is 0 Å².